The number of phenolic OH excluding ortho intramolecular Hbond substituents is 1. The first-order chi connectivity index (χ1) is 6.91. The van der Waals surface area contributed by atoms with Gasteiger partial charge >= 0.3 is 0 Å². The molecule has 0 radical (unpaired) electrons. The Kier molecular flexibility index (Phi) is 3.35. The van der Waals surface area contributed by atoms with Crippen molar-refractivity contribution in [3.63, 3.8) is 0 Å². The third kappa shape index (κ3) is 2.72. The second-order valence-electron chi connectivity index (χ2n) is 4.05. The molecule has 3 heteroatoms. The summed E-state index contributed by atoms with van der Waals surface area (Å²) in [7, 11) is 0. The van der Waals surface area contributed by atoms with Crippen molar-refractivity contribution >= 4 is 11.6 Å². The van der Waals surface area contributed by atoms with E-state index in [1.54, 1.807) is 13.0 Å². The van der Waals surface area contributed by atoms with Crippen molar-refractivity contribution in [3.05, 3.63) is 23.3 Å². The number of hydrogen-bond donors (Lipinski definition) is 2. The fourth-order valence-corrected chi connectivity index (χ4v) is 1.37. The van der Waals surface area contributed by atoms with Gasteiger partial charge in [0.15, 0.2) is 0 Å². The summed E-state index contributed by atoms with van der Waals surface area (Å²) < 4.78 is 0. The summed E-state index contributed by atoms with van der Waals surface area (Å²) in [4.78, 5) is 11.0. The molecular weight excluding hydrogens is 190 g/mol. The second-order valence-corrected chi connectivity index (χ2v) is 4.05. The molecule has 0 aromatic heterocycles. The largest absolute Gasteiger partial charge is 0.508 e. The Balaban J connectivity index is 3.18. The number of amides is 1. The van der Waals surface area contributed by atoms with Gasteiger partial charge in [-0.25, -0.2) is 0 Å². The highest BCUT2D eigenvalue weighted by Gasteiger charge is 2.09. The van der Waals surface area contributed by atoms with Crippen LogP contribution in [0.15, 0.2) is 12.1 Å². The lowest BCUT2D eigenvalue weighted by Crippen LogP contribution is -2.08. The smallest absolute Gasteiger partial charge is 0.221 e. The van der Waals surface area contributed by atoms with Crippen LogP contribution in [0, 0.1) is 6.92 Å². The number of carbonyl (C=O) groups is 1. The highest BCUT2D eigenvalue weighted by atomic mass is 16.3. The maximum Gasteiger partial charge on any atom is 0.221 e. The van der Waals surface area contributed by atoms with Gasteiger partial charge in [0.1, 0.15) is 5.75 Å². The second kappa shape index (κ2) is 4.34. The Labute approximate surface area is 90.1 Å². The first kappa shape index (κ1) is 11.6. The van der Waals surface area contributed by atoms with E-state index in [1.165, 1.54) is 6.92 Å². The number of benzene rings is 1. The molecule has 0 spiro atoms. The van der Waals surface area contributed by atoms with Crippen molar-refractivity contribution in [2.75, 3.05) is 5.32 Å². The molecule has 1 aromatic carbocycles. The van der Waals surface area contributed by atoms with Crippen LogP contribution in [0.4, 0.5) is 5.69 Å². The van der Waals surface area contributed by atoms with Crippen LogP contribution in [0.1, 0.15) is 37.8 Å². The summed E-state index contributed by atoms with van der Waals surface area (Å²) >= 11 is 0. The van der Waals surface area contributed by atoms with Gasteiger partial charge in [0, 0.05) is 18.2 Å². The molecule has 0 atom stereocenters. The van der Waals surface area contributed by atoms with Gasteiger partial charge in [-0.15, -0.1) is 0 Å². The van der Waals surface area contributed by atoms with E-state index in [0.717, 1.165) is 5.56 Å². The van der Waals surface area contributed by atoms with Gasteiger partial charge in [-0.2, -0.15) is 0 Å². The van der Waals surface area contributed by atoms with Gasteiger partial charge in [-0.3, -0.25) is 4.79 Å². The maximum atomic E-state index is 11.0. The Bertz CT molecular complexity index is 383. The summed E-state index contributed by atoms with van der Waals surface area (Å²) in [5, 5.41) is 12.4. The minimum atomic E-state index is -0.126. The molecule has 0 fully saturated rings. The average molecular weight is 207 g/mol. The fourth-order valence-electron chi connectivity index (χ4n) is 1.37. The number of carbonyl (C=O) groups excluding carboxylic acids is 1. The highest BCUT2D eigenvalue weighted by molar-refractivity contribution is 5.90. The number of nitrogens with one attached hydrogen (secondary N) is 1. The number of anilines is 1. The van der Waals surface area contributed by atoms with E-state index in [2.05, 4.69) is 5.32 Å². The standard InChI is InChI=1S/C12H17NO2/c1-7(2)10-5-11(13-9(4)14)8(3)12(15)6-10/h5-7,15H,1-4H3,(H,13,14). The van der Waals surface area contributed by atoms with Crippen molar-refractivity contribution in [2.45, 2.75) is 33.6 Å². The van der Waals surface area contributed by atoms with Crippen molar-refractivity contribution in [3.8, 4) is 5.75 Å². The Hall–Kier alpha value is -1.51. The monoisotopic (exact) mass is 207 g/mol. The maximum absolute atomic E-state index is 11.0. The van der Waals surface area contributed by atoms with Gasteiger partial charge in [0.05, 0.1) is 0 Å². The summed E-state index contributed by atoms with van der Waals surface area (Å²) in [5.41, 5.74) is 2.41. The van der Waals surface area contributed by atoms with Crippen molar-refractivity contribution in [1.29, 1.82) is 0 Å². The predicted octanol–water partition coefficient (Wildman–Crippen LogP) is 2.78. The molecule has 0 saturated carbocycles. The van der Waals surface area contributed by atoms with Gasteiger partial charge in [-0.05, 0) is 30.5 Å². The molecule has 15 heavy (non-hydrogen) atoms. The zero-order valence-electron chi connectivity index (χ0n) is 9.59. The van der Waals surface area contributed by atoms with Crippen molar-refractivity contribution in [1.82, 2.24) is 0 Å². The predicted molar refractivity (Wildman–Crippen MR) is 61.2 cm³/mol. The molecule has 0 aliphatic heterocycles. The Morgan fingerprint density at radius 3 is 2.47 bits per heavy atom. The number of hydrogen-bond acceptors (Lipinski definition) is 2. The number of phenols is 1. The minimum absolute atomic E-state index is 0.126. The zero-order valence-corrected chi connectivity index (χ0v) is 9.59. The van der Waals surface area contributed by atoms with E-state index in [9.17, 15) is 9.90 Å². The topological polar surface area (TPSA) is 49.3 Å². The normalized spacial score (nSPS) is 10.5. The van der Waals surface area contributed by atoms with Gasteiger partial charge in [-0.1, -0.05) is 13.8 Å². The number of aromatic hydroxyl groups is 1. The van der Waals surface area contributed by atoms with Crippen LogP contribution in [0.5, 0.6) is 5.75 Å². The molecule has 0 aliphatic rings. The van der Waals surface area contributed by atoms with Crippen LogP contribution < -0.4 is 5.32 Å². The third-order valence-electron chi connectivity index (χ3n) is 2.38. The van der Waals surface area contributed by atoms with Crippen LogP contribution in [0.25, 0.3) is 0 Å². The highest BCUT2D eigenvalue weighted by Crippen LogP contribution is 2.30. The van der Waals surface area contributed by atoms with E-state index in [-0.39, 0.29) is 11.7 Å². The molecule has 1 amide bonds. The van der Waals surface area contributed by atoms with E-state index in [1.807, 2.05) is 19.9 Å². The summed E-state index contributed by atoms with van der Waals surface area (Å²) in [6.07, 6.45) is 0. The third-order valence-corrected chi connectivity index (χ3v) is 2.38. The summed E-state index contributed by atoms with van der Waals surface area (Å²) in [5.74, 6) is 0.423. The van der Waals surface area contributed by atoms with E-state index >= 15 is 0 Å². The van der Waals surface area contributed by atoms with Gasteiger partial charge in [0.2, 0.25) is 5.91 Å². The van der Waals surface area contributed by atoms with Crippen LogP contribution in [0.3, 0.4) is 0 Å². The molecule has 0 heterocycles. The molecule has 0 aliphatic carbocycles. The fraction of sp³-hybridized carbons (Fsp3) is 0.417. The van der Waals surface area contributed by atoms with Gasteiger partial charge in [0.25, 0.3) is 0 Å². The summed E-state index contributed by atoms with van der Waals surface area (Å²) in [6.45, 7) is 7.33. The van der Waals surface area contributed by atoms with Crippen molar-refractivity contribution in [2.24, 2.45) is 0 Å². The molecule has 0 unspecified atom stereocenters. The van der Waals surface area contributed by atoms with Gasteiger partial charge < -0.3 is 10.4 Å². The first-order valence-electron chi connectivity index (χ1n) is 5.03. The lowest BCUT2D eigenvalue weighted by Gasteiger charge is -2.13. The molecule has 3 nitrogen and oxygen atoms in total. The van der Waals surface area contributed by atoms with Crippen molar-refractivity contribution < 1.29 is 9.90 Å². The molecule has 1 aromatic rings. The average Bonchev–Trinajstić information content (AvgIpc) is 2.11. The SMILES string of the molecule is CC(=O)Nc1cc(C(C)C)cc(O)c1C. The molecule has 0 saturated heterocycles. The Morgan fingerprint density at radius 1 is 1.40 bits per heavy atom. The lowest BCUT2D eigenvalue weighted by molar-refractivity contribution is -0.114. The molecule has 82 valence electrons. The number of rotatable bonds is 2. The zero-order chi connectivity index (χ0) is 11.6. The van der Waals surface area contributed by atoms with Crippen LogP contribution in [-0.4, -0.2) is 11.0 Å². The van der Waals surface area contributed by atoms with E-state index in [4.69, 9.17) is 0 Å². The van der Waals surface area contributed by atoms with E-state index < -0.39 is 0 Å². The first-order valence-corrected chi connectivity index (χ1v) is 5.03. The lowest BCUT2D eigenvalue weighted by atomic mass is 10.00. The minimum Gasteiger partial charge on any atom is -0.508 e. The van der Waals surface area contributed by atoms with E-state index in [0.29, 0.717) is 17.2 Å². The quantitative estimate of drug-likeness (QED) is 0.783. The molecular formula is C12H17NO2. The summed E-state index contributed by atoms with van der Waals surface area (Å²) in [6, 6.07) is 3.65. The van der Waals surface area contributed by atoms with Crippen LogP contribution in [-0.2, 0) is 4.79 Å². The molecule has 2 N–H and O–H groups in total. The van der Waals surface area contributed by atoms with Crippen LogP contribution in [0.2, 0.25) is 0 Å². The Morgan fingerprint density at radius 2 is 2.00 bits per heavy atom. The molecule has 0 bridgehead atoms. The van der Waals surface area contributed by atoms with Crippen LogP contribution >= 0.6 is 0 Å². The molecule has 1 rings (SSSR count).